The molecule has 2 aromatic carbocycles. The molecule has 0 radical (unpaired) electrons. The summed E-state index contributed by atoms with van der Waals surface area (Å²) in [5.41, 5.74) is -0.275. The molecule has 10 nitrogen and oxygen atoms in total. The number of rotatable bonds is 5. The summed E-state index contributed by atoms with van der Waals surface area (Å²) in [4.78, 5) is 47.2. The Balaban J connectivity index is 1.52. The van der Waals surface area contributed by atoms with E-state index < -0.39 is 17.2 Å². The van der Waals surface area contributed by atoms with E-state index in [9.17, 15) is 14.4 Å². The van der Waals surface area contributed by atoms with E-state index >= 15 is 0 Å². The normalized spacial score (nSPS) is 12.2. The van der Waals surface area contributed by atoms with Crippen molar-refractivity contribution in [2.75, 3.05) is 12.1 Å². The predicted molar refractivity (Wildman–Crippen MR) is 120 cm³/mol. The molecule has 0 saturated carbocycles. The lowest BCUT2D eigenvalue weighted by Gasteiger charge is -2.13. The third kappa shape index (κ3) is 3.92. The van der Waals surface area contributed by atoms with Crippen molar-refractivity contribution in [2.45, 2.75) is 13.1 Å². The van der Waals surface area contributed by atoms with Crippen LogP contribution in [0.15, 0.2) is 64.4 Å². The molecule has 1 N–H and O–H groups in total. The lowest BCUT2D eigenvalue weighted by molar-refractivity contribution is -0.116. The van der Waals surface area contributed by atoms with Gasteiger partial charge in [0.1, 0.15) is 6.54 Å². The number of ether oxygens (including phenoxy) is 2. The standard InChI is InChI=1S/C22H16ClN5O5/c23-15-4-2-1-3-13(15)10-28-21(30)19-20(25-8-7-24-19)27(22(28)31)11-18(29)26-14-5-6-16-17(9-14)33-12-32-16/h1-9H,10-12H2,(H,26,29). The van der Waals surface area contributed by atoms with Gasteiger partial charge in [-0.05, 0) is 23.8 Å². The number of nitrogens with zero attached hydrogens (tertiary/aromatic N) is 4. The molecular formula is C22H16ClN5O5. The first-order valence-corrected chi connectivity index (χ1v) is 10.3. The van der Waals surface area contributed by atoms with Gasteiger partial charge < -0.3 is 14.8 Å². The van der Waals surface area contributed by atoms with Crippen LogP contribution < -0.4 is 26.0 Å². The van der Waals surface area contributed by atoms with Crippen LogP contribution in [0.1, 0.15) is 5.56 Å². The van der Waals surface area contributed by atoms with Crippen LogP contribution in [0.3, 0.4) is 0 Å². The van der Waals surface area contributed by atoms with Gasteiger partial charge in [-0.3, -0.25) is 18.7 Å². The van der Waals surface area contributed by atoms with Crippen molar-refractivity contribution in [1.82, 2.24) is 19.1 Å². The fraction of sp³-hybridized carbons (Fsp3) is 0.136. The van der Waals surface area contributed by atoms with Crippen LogP contribution in [0.25, 0.3) is 11.2 Å². The first-order valence-electron chi connectivity index (χ1n) is 9.88. The van der Waals surface area contributed by atoms with E-state index in [0.29, 0.717) is 27.8 Å². The number of carbonyl (C=O) groups is 1. The van der Waals surface area contributed by atoms with Crippen LogP contribution in [-0.2, 0) is 17.9 Å². The van der Waals surface area contributed by atoms with Gasteiger partial charge >= 0.3 is 5.69 Å². The molecule has 11 heteroatoms. The summed E-state index contributed by atoms with van der Waals surface area (Å²) < 4.78 is 12.7. The number of halogens is 1. The van der Waals surface area contributed by atoms with Crippen molar-refractivity contribution in [2.24, 2.45) is 0 Å². The molecule has 0 atom stereocenters. The van der Waals surface area contributed by atoms with Crippen molar-refractivity contribution in [3.8, 4) is 11.5 Å². The summed E-state index contributed by atoms with van der Waals surface area (Å²) in [6.45, 7) is -0.349. The third-order valence-corrected chi connectivity index (χ3v) is 5.46. The molecule has 2 aromatic heterocycles. The van der Waals surface area contributed by atoms with Crippen LogP contribution >= 0.6 is 11.6 Å². The van der Waals surface area contributed by atoms with Crippen LogP contribution in [0.4, 0.5) is 5.69 Å². The zero-order chi connectivity index (χ0) is 22.9. The lowest BCUT2D eigenvalue weighted by Crippen LogP contribution is -2.42. The quantitative estimate of drug-likeness (QED) is 0.479. The first kappa shape index (κ1) is 20.7. The summed E-state index contributed by atoms with van der Waals surface area (Å²) in [5.74, 6) is 0.595. The Kier molecular flexibility index (Phi) is 5.27. The molecular weight excluding hydrogens is 450 g/mol. The topological polar surface area (TPSA) is 117 Å². The molecule has 166 valence electrons. The zero-order valence-corrected chi connectivity index (χ0v) is 17.8. The van der Waals surface area contributed by atoms with E-state index in [0.717, 1.165) is 9.13 Å². The van der Waals surface area contributed by atoms with Gasteiger partial charge in [0.2, 0.25) is 12.7 Å². The van der Waals surface area contributed by atoms with E-state index in [1.54, 1.807) is 42.5 Å². The molecule has 0 saturated heterocycles. The highest BCUT2D eigenvalue weighted by Gasteiger charge is 2.19. The largest absolute Gasteiger partial charge is 0.454 e. The highest BCUT2D eigenvalue weighted by molar-refractivity contribution is 6.31. The predicted octanol–water partition coefficient (Wildman–Crippen LogP) is 2.02. The minimum absolute atomic E-state index is 0.0174. The molecule has 0 unspecified atom stereocenters. The average Bonchev–Trinajstić information content (AvgIpc) is 3.28. The monoisotopic (exact) mass is 465 g/mol. The minimum atomic E-state index is -0.700. The summed E-state index contributed by atoms with van der Waals surface area (Å²) in [6, 6.07) is 11.8. The average molecular weight is 466 g/mol. The molecule has 3 heterocycles. The van der Waals surface area contributed by atoms with Crippen LogP contribution in [0.2, 0.25) is 5.02 Å². The molecule has 5 rings (SSSR count). The summed E-state index contributed by atoms with van der Waals surface area (Å²) in [7, 11) is 0. The molecule has 4 aromatic rings. The van der Waals surface area contributed by atoms with Gasteiger partial charge in [-0.15, -0.1) is 0 Å². The van der Waals surface area contributed by atoms with Crippen molar-refractivity contribution in [3.63, 3.8) is 0 Å². The van der Waals surface area contributed by atoms with Crippen molar-refractivity contribution >= 4 is 34.4 Å². The smallest absolute Gasteiger partial charge is 0.333 e. The Morgan fingerprint density at radius 1 is 1.03 bits per heavy atom. The molecule has 33 heavy (non-hydrogen) atoms. The third-order valence-electron chi connectivity index (χ3n) is 5.09. The van der Waals surface area contributed by atoms with Gasteiger partial charge in [0.05, 0.1) is 6.54 Å². The Bertz CT molecular complexity index is 1510. The van der Waals surface area contributed by atoms with Gasteiger partial charge in [0.15, 0.2) is 22.7 Å². The molecule has 0 fully saturated rings. The number of anilines is 1. The van der Waals surface area contributed by atoms with E-state index in [2.05, 4.69) is 15.3 Å². The first-order chi connectivity index (χ1) is 16.0. The molecule has 1 aliphatic rings. The zero-order valence-electron chi connectivity index (χ0n) is 17.0. The Morgan fingerprint density at radius 3 is 2.67 bits per heavy atom. The number of hydrogen-bond donors (Lipinski definition) is 1. The summed E-state index contributed by atoms with van der Waals surface area (Å²) in [6.07, 6.45) is 2.71. The maximum atomic E-state index is 13.3. The van der Waals surface area contributed by atoms with E-state index in [4.69, 9.17) is 21.1 Å². The van der Waals surface area contributed by atoms with Crippen molar-refractivity contribution < 1.29 is 14.3 Å². The van der Waals surface area contributed by atoms with Gasteiger partial charge in [0, 0.05) is 29.2 Å². The number of hydrogen-bond acceptors (Lipinski definition) is 7. The number of fused-ring (bicyclic) bond motifs is 2. The second-order valence-electron chi connectivity index (χ2n) is 7.20. The van der Waals surface area contributed by atoms with Crippen LogP contribution in [0.5, 0.6) is 11.5 Å². The fourth-order valence-corrected chi connectivity index (χ4v) is 3.72. The number of amides is 1. The number of benzene rings is 2. The lowest BCUT2D eigenvalue weighted by atomic mass is 10.2. The molecule has 1 aliphatic heterocycles. The Morgan fingerprint density at radius 2 is 1.82 bits per heavy atom. The number of carbonyl (C=O) groups excluding carboxylic acids is 1. The SMILES string of the molecule is O=C(Cn1c(=O)n(Cc2ccccc2Cl)c(=O)c2nccnc21)Nc1ccc2c(c1)OCO2. The van der Waals surface area contributed by atoms with E-state index in [1.807, 2.05) is 0 Å². The highest BCUT2D eigenvalue weighted by Crippen LogP contribution is 2.34. The van der Waals surface area contributed by atoms with Gasteiger partial charge in [0.25, 0.3) is 5.56 Å². The maximum Gasteiger partial charge on any atom is 0.333 e. The molecule has 1 amide bonds. The van der Waals surface area contributed by atoms with Crippen LogP contribution in [0, 0.1) is 0 Å². The van der Waals surface area contributed by atoms with E-state index in [-0.39, 0.29) is 31.0 Å². The second-order valence-corrected chi connectivity index (χ2v) is 7.60. The van der Waals surface area contributed by atoms with Gasteiger partial charge in [-0.2, -0.15) is 0 Å². The van der Waals surface area contributed by atoms with Gasteiger partial charge in [-0.25, -0.2) is 14.8 Å². The van der Waals surface area contributed by atoms with Crippen molar-refractivity contribution in [1.29, 1.82) is 0 Å². The van der Waals surface area contributed by atoms with Crippen molar-refractivity contribution in [3.05, 3.63) is 86.3 Å². The Hall–Kier alpha value is -4.18. The highest BCUT2D eigenvalue weighted by atomic mass is 35.5. The fourth-order valence-electron chi connectivity index (χ4n) is 3.53. The van der Waals surface area contributed by atoms with Crippen LogP contribution in [-0.4, -0.2) is 31.8 Å². The van der Waals surface area contributed by atoms with Gasteiger partial charge in [-0.1, -0.05) is 29.8 Å². The molecule has 0 aliphatic carbocycles. The molecule has 0 spiro atoms. The number of nitrogens with one attached hydrogen (secondary N) is 1. The van der Waals surface area contributed by atoms with E-state index in [1.165, 1.54) is 12.4 Å². The second kappa shape index (κ2) is 8.40. The summed E-state index contributed by atoms with van der Waals surface area (Å²) in [5, 5.41) is 3.13. The minimum Gasteiger partial charge on any atom is -0.454 e. The Labute approximate surface area is 191 Å². The summed E-state index contributed by atoms with van der Waals surface area (Å²) >= 11 is 6.22. The number of aromatic nitrogens is 4. The maximum absolute atomic E-state index is 13.3. The molecule has 0 bridgehead atoms.